The maximum atomic E-state index is 5.81. The van der Waals surface area contributed by atoms with Crippen molar-refractivity contribution in [2.45, 2.75) is 6.42 Å². The molecule has 0 atom stereocenters. The Morgan fingerprint density at radius 3 is 2.94 bits per heavy atom. The molecule has 0 radical (unpaired) electrons. The molecule has 1 aromatic rings. The lowest BCUT2D eigenvalue weighted by Crippen LogP contribution is -2.06. The quantitative estimate of drug-likeness (QED) is 0.811. The van der Waals surface area contributed by atoms with Gasteiger partial charge in [0.2, 0.25) is 0 Å². The third-order valence-electron chi connectivity index (χ3n) is 2.62. The number of hydrogen-bond donors (Lipinski definition) is 0. The normalized spacial score (nSPS) is 17.3. The molecule has 0 saturated heterocycles. The Morgan fingerprint density at radius 2 is 2.11 bits per heavy atom. The molecule has 1 heterocycles. The Bertz CT molecular complexity index is 543. The highest BCUT2D eigenvalue weighted by Crippen LogP contribution is 2.37. The van der Waals surface area contributed by atoms with Crippen molar-refractivity contribution in [3.05, 3.63) is 63.3 Å². The van der Waals surface area contributed by atoms with E-state index in [4.69, 9.17) is 21.1 Å². The summed E-state index contributed by atoms with van der Waals surface area (Å²) in [4.78, 5) is 1.27. The minimum atomic E-state index is 0.430. The molecular weight excluding hydrogens is 268 g/mol. The second-order valence-corrected chi connectivity index (χ2v) is 5.34. The van der Waals surface area contributed by atoms with Gasteiger partial charge in [-0.15, -0.1) is 0 Å². The Labute approximate surface area is 115 Å². The number of thioether (sulfide) groups is 1. The van der Waals surface area contributed by atoms with Gasteiger partial charge in [0.15, 0.2) is 0 Å². The van der Waals surface area contributed by atoms with E-state index in [-0.39, 0.29) is 0 Å². The molecule has 1 aliphatic heterocycles. The van der Waals surface area contributed by atoms with Crippen LogP contribution in [0.2, 0.25) is 5.02 Å². The molecule has 2 aliphatic rings. The summed E-state index contributed by atoms with van der Waals surface area (Å²) in [5.74, 6) is 2.58. The van der Waals surface area contributed by atoms with Gasteiger partial charge in [-0.2, -0.15) is 0 Å². The van der Waals surface area contributed by atoms with Gasteiger partial charge in [0.05, 0.1) is 0 Å². The van der Waals surface area contributed by atoms with E-state index in [0.29, 0.717) is 11.6 Å². The first-order valence-electron chi connectivity index (χ1n) is 5.63. The van der Waals surface area contributed by atoms with Gasteiger partial charge in [0.25, 0.3) is 0 Å². The summed E-state index contributed by atoms with van der Waals surface area (Å²) >= 11 is 7.52. The van der Waals surface area contributed by atoms with Crippen LogP contribution in [-0.4, -0.2) is 6.61 Å². The molecule has 2 nitrogen and oxygen atoms in total. The number of allylic oxidation sites excluding steroid dienone is 3. The summed E-state index contributed by atoms with van der Waals surface area (Å²) in [6, 6.07) is 7.31. The Hall–Kier alpha value is -1.32. The van der Waals surface area contributed by atoms with Crippen molar-refractivity contribution in [2.24, 2.45) is 0 Å². The van der Waals surface area contributed by atoms with Crippen LogP contribution in [0.4, 0.5) is 0 Å². The molecule has 0 saturated carbocycles. The molecule has 1 aromatic carbocycles. The summed E-state index contributed by atoms with van der Waals surface area (Å²) < 4.78 is 11.4. The van der Waals surface area contributed by atoms with Crippen LogP contribution >= 0.6 is 23.4 Å². The number of ether oxygens (including phenoxy) is 2. The maximum absolute atomic E-state index is 5.81. The average Bonchev–Trinajstić information content (AvgIpc) is 2.85. The number of hydrogen-bond acceptors (Lipinski definition) is 3. The third-order valence-corrected chi connectivity index (χ3v) is 3.90. The maximum Gasteiger partial charge on any atom is 0.148 e. The first kappa shape index (κ1) is 11.8. The summed E-state index contributed by atoms with van der Waals surface area (Å²) in [7, 11) is 0. The van der Waals surface area contributed by atoms with Crippen LogP contribution in [-0.2, 0) is 4.74 Å². The minimum Gasteiger partial charge on any atom is -0.486 e. The van der Waals surface area contributed by atoms with Crippen molar-refractivity contribution in [1.29, 1.82) is 0 Å². The zero-order valence-corrected chi connectivity index (χ0v) is 11.1. The topological polar surface area (TPSA) is 18.5 Å². The summed E-state index contributed by atoms with van der Waals surface area (Å²) in [5.41, 5.74) is 0. The molecule has 18 heavy (non-hydrogen) atoms. The van der Waals surface area contributed by atoms with E-state index in [2.05, 4.69) is 6.08 Å². The van der Waals surface area contributed by atoms with E-state index in [1.165, 1.54) is 4.91 Å². The number of halogens is 1. The smallest absolute Gasteiger partial charge is 0.148 e. The molecule has 0 spiro atoms. The highest BCUT2D eigenvalue weighted by atomic mass is 35.5. The van der Waals surface area contributed by atoms with Crippen molar-refractivity contribution in [2.75, 3.05) is 6.61 Å². The van der Waals surface area contributed by atoms with Crippen LogP contribution in [0.3, 0.4) is 0 Å². The van der Waals surface area contributed by atoms with E-state index < -0.39 is 0 Å². The Morgan fingerprint density at radius 1 is 1.28 bits per heavy atom. The second kappa shape index (κ2) is 5.12. The van der Waals surface area contributed by atoms with Crippen LogP contribution < -0.4 is 4.74 Å². The van der Waals surface area contributed by atoms with Gasteiger partial charge < -0.3 is 9.47 Å². The second-order valence-electron chi connectivity index (χ2n) is 3.94. The van der Waals surface area contributed by atoms with E-state index in [0.717, 1.165) is 23.7 Å². The Balaban J connectivity index is 1.58. The zero-order chi connectivity index (χ0) is 12.4. The first-order chi connectivity index (χ1) is 8.81. The van der Waals surface area contributed by atoms with Crippen molar-refractivity contribution in [3.63, 3.8) is 0 Å². The lowest BCUT2D eigenvalue weighted by molar-refractivity contribution is 0.235. The fourth-order valence-corrected chi connectivity index (χ4v) is 2.65. The van der Waals surface area contributed by atoms with Crippen LogP contribution in [0.1, 0.15) is 6.42 Å². The standard InChI is InChI=1S/C14H11ClO2S/c15-10-4-6-11(7-5-10)16-8-12-9-18-14-3-1-2-13(14)17-12/h1-2,4-7,9H,3,8H2. The van der Waals surface area contributed by atoms with Gasteiger partial charge in [-0.05, 0) is 30.3 Å². The first-order valence-corrected chi connectivity index (χ1v) is 6.88. The lowest BCUT2D eigenvalue weighted by atomic mass is 10.3. The predicted octanol–water partition coefficient (Wildman–Crippen LogP) is 4.50. The SMILES string of the molecule is Clc1ccc(OCC2=CSC3=C(C=CC3)O2)cc1. The molecule has 0 unspecified atom stereocenters. The lowest BCUT2D eigenvalue weighted by Gasteiger charge is -2.16. The number of benzene rings is 1. The Kier molecular flexibility index (Phi) is 3.35. The molecule has 0 aromatic heterocycles. The molecule has 0 fully saturated rings. The molecule has 0 N–H and O–H groups in total. The van der Waals surface area contributed by atoms with Crippen LogP contribution in [0, 0.1) is 0 Å². The molecule has 4 heteroatoms. The summed E-state index contributed by atoms with van der Waals surface area (Å²) in [6.07, 6.45) is 5.09. The zero-order valence-electron chi connectivity index (χ0n) is 9.56. The molecule has 3 rings (SSSR count). The van der Waals surface area contributed by atoms with Crippen molar-refractivity contribution in [1.82, 2.24) is 0 Å². The highest BCUT2D eigenvalue weighted by Gasteiger charge is 2.17. The number of rotatable bonds is 3. The van der Waals surface area contributed by atoms with E-state index >= 15 is 0 Å². The van der Waals surface area contributed by atoms with Crippen LogP contribution in [0.25, 0.3) is 0 Å². The van der Waals surface area contributed by atoms with Crippen molar-refractivity contribution >= 4 is 23.4 Å². The third kappa shape index (κ3) is 2.57. The highest BCUT2D eigenvalue weighted by molar-refractivity contribution is 8.05. The molecule has 0 amide bonds. The monoisotopic (exact) mass is 278 g/mol. The minimum absolute atomic E-state index is 0.430. The van der Waals surface area contributed by atoms with Crippen molar-refractivity contribution in [3.8, 4) is 5.75 Å². The average molecular weight is 279 g/mol. The molecule has 0 bridgehead atoms. The van der Waals surface area contributed by atoms with Gasteiger partial charge in [-0.3, -0.25) is 0 Å². The molecular formula is C14H11ClO2S. The van der Waals surface area contributed by atoms with Gasteiger partial charge in [-0.25, -0.2) is 0 Å². The van der Waals surface area contributed by atoms with E-state index in [9.17, 15) is 0 Å². The van der Waals surface area contributed by atoms with Gasteiger partial charge in [0.1, 0.15) is 23.9 Å². The summed E-state index contributed by atoms with van der Waals surface area (Å²) in [5, 5.41) is 2.71. The van der Waals surface area contributed by atoms with Gasteiger partial charge in [0, 0.05) is 21.8 Å². The summed E-state index contributed by atoms with van der Waals surface area (Å²) in [6.45, 7) is 0.430. The van der Waals surface area contributed by atoms with Crippen LogP contribution in [0.5, 0.6) is 5.75 Å². The fourth-order valence-electron chi connectivity index (χ4n) is 1.71. The van der Waals surface area contributed by atoms with Gasteiger partial charge in [-0.1, -0.05) is 29.4 Å². The fraction of sp³-hybridized carbons (Fsp3) is 0.143. The predicted molar refractivity (Wildman–Crippen MR) is 74.5 cm³/mol. The van der Waals surface area contributed by atoms with Crippen LogP contribution in [0.15, 0.2) is 58.2 Å². The van der Waals surface area contributed by atoms with Gasteiger partial charge >= 0.3 is 0 Å². The van der Waals surface area contributed by atoms with Crippen molar-refractivity contribution < 1.29 is 9.47 Å². The van der Waals surface area contributed by atoms with E-state index in [1.54, 1.807) is 11.8 Å². The molecule has 1 aliphatic carbocycles. The molecule has 92 valence electrons. The largest absolute Gasteiger partial charge is 0.486 e. The van der Waals surface area contributed by atoms with E-state index in [1.807, 2.05) is 35.7 Å².